The minimum absolute atomic E-state index is 0.369. The van der Waals surface area contributed by atoms with E-state index in [1.807, 2.05) is 0 Å². The minimum atomic E-state index is -2.66. The van der Waals surface area contributed by atoms with Gasteiger partial charge in [0.05, 0.1) is 5.41 Å². The fraction of sp³-hybridized carbons (Fsp3) is 0.857. The lowest BCUT2D eigenvalue weighted by atomic mass is 9.64. The van der Waals surface area contributed by atoms with Crippen molar-refractivity contribution in [2.24, 2.45) is 11.1 Å². The van der Waals surface area contributed by atoms with Crippen LogP contribution in [-0.4, -0.2) is 11.8 Å². The van der Waals surface area contributed by atoms with Crippen molar-refractivity contribution in [1.82, 2.24) is 0 Å². The summed E-state index contributed by atoms with van der Waals surface area (Å²) in [5, 5.41) is 0. The molecule has 2 nitrogen and oxygen atoms in total. The Morgan fingerprint density at radius 2 is 2.00 bits per heavy atom. The van der Waals surface area contributed by atoms with Gasteiger partial charge in [-0.1, -0.05) is 6.92 Å². The smallest absolute Gasteiger partial charge is 0.250 e. The van der Waals surface area contributed by atoms with Crippen molar-refractivity contribution in [2.45, 2.75) is 32.1 Å². The van der Waals surface area contributed by atoms with E-state index in [1.165, 1.54) is 0 Å². The highest BCUT2D eigenvalue weighted by Crippen LogP contribution is 2.53. The molecule has 1 rings (SSSR count). The van der Waals surface area contributed by atoms with Gasteiger partial charge in [0.1, 0.15) is 0 Å². The van der Waals surface area contributed by atoms with Gasteiger partial charge >= 0.3 is 0 Å². The van der Waals surface area contributed by atoms with Crippen LogP contribution in [0.2, 0.25) is 0 Å². The summed E-state index contributed by atoms with van der Waals surface area (Å²) >= 11 is 0. The molecule has 11 heavy (non-hydrogen) atoms. The fourth-order valence-electron chi connectivity index (χ4n) is 1.54. The van der Waals surface area contributed by atoms with Gasteiger partial charge in [-0.3, -0.25) is 4.79 Å². The quantitative estimate of drug-likeness (QED) is 0.655. The van der Waals surface area contributed by atoms with E-state index >= 15 is 0 Å². The molecule has 1 saturated carbocycles. The van der Waals surface area contributed by atoms with Gasteiger partial charge in [-0.25, -0.2) is 8.78 Å². The van der Waals surface area contributed by atoms with Crippen molar-refractivity contribution in [1.29, 1.82) is 0 Å². The van der Waals surface area contributed by atoms with Gasteiger partial charge in [0.15, 0.2) is 0 Å². The molecule has 1 fully saturated rings. The first-order chi connectivity index (χ1) is 4.92. The van der Waals surface area contributed by atoms with Crippen LogP contribution in [0, 0.1) is 5.41 Å². The Morgan fingerprint density at radius 3 is 2.09 bits per heavy atom. The Hall–Kier alpha value is -0.670. The number of carbonyl (C=O) groups is 1. The average Bonchev–Trinajstić information content (AvgIpc) is 1.81. The van der Waals surface area contributed by atoms with Crippen LogP contribution in [0.1, 0.15) is 26.2 Å². The number of alkyl halides is 2. The molecule has 0 aromatic heterocycles. The summed E-state index contributed by atoms with van der Waals surface area (Å²) in [7, 11) is 0. The zero-order chi connectivity index (χ0) is 8.70. The summed E-state index contributed by atoms with van der Waals surface area (Å²) in [6, 6.07) is 0. The Bertz CT molecular complexity index is 183. The predicted octanol–water partition coefficient (Wildman–Crippen LogP) is 1.30. The van der Waals surface area contributed by atoms with Crippen LogP contribution in [0.15, 0.2) is 0 Å². The molecular formula is C7H11F2NO. The van der Waals surface area contributed by atoms with Crippen LogP contribution in [0.25, 0.3) is 0 Å². The number of halogens is 2. The molecule has 2 N–H and O–H groups in total. The molecule has 1 aliphatic rings. The average molecular weight is 163 g/mol. The monoisotopic (exact) mass is 163 g/mol. The molecule has 0 radical (unpaired) electrons. The highest BCUT2D eigenvalue weighted by atomic mass is 19.3. The SMILES string of the molecule is CCC1(C(N)=O)CC(F)(F)C1. The summed E-state index contributed by atoms with van der Waals surface area (Å²) in [5.74, 6) is -3.25. The number of carbonyl (C=O) groups excluding carboxylic acids is 1. The summed E-state index contributed by atoms with van der Waals surface area (Å²) in [6.45, 7) is 1.71. The zero-order valence-corrected chi connectivity index (χ0v) is 6.36. The lowest BCUT2D eigenvalue weighted by Gasteiger charge is -2.44. The topological polar surface area (TPSA) is 43.1 Å². The first kappa shape index (κ1) is 8.43. The van der Waals surface area contributed by atoms with E-state index in [4.69, 9.17) is 5.73 Å². The molecule has 1 aliphatic carbocycles. The zero-order valence-electron chi connectivity index (χ0n) is 6.36. The molecule has 0 aromatic rings. The number of rotatable bonds is 2. The Morgan fingerprint density at radius 1 is 1.55 bits per heavy atom. The number of primary amides is 1. The molecule has 4 heteroatoms. The van der Waals surface area contributed by atoms with Crippen LogP contribution < -0.4 is 5.73 Å². The van der Waals surface area contributed by atoms with Crippen LogP contribution >= 0.6 is 0 Å². The molecule has 0 aliphatic heterocycles. The standard InChI is InChI=1S/C7H11F2NO/c1-2-6(5(10)11)3-7(8,9)4-6/h2-4H2,1H3,(H2,10,11). The number of hydrogen-bond acceptors (Lipinski definition) is 1. The fourth-order valence-corrected chi connectivity index (χ4v) is 1.54. The van der Waals surface area contributed by atoms with E-state index in [0.29, 0.717) is 6.42 Å². The van der Waals surface area contributed by atoms with Gasteiger partial charge in [0, 0.05) is 12.8 Å². The van der Waals surface area contributed by atoms with Crippen molar-refractivity contribution in [3.63, 3.8) is 0 Å². The summed E-state index contributed by atoms with van der Waals surface area (Å²) in [6.07, 6.45) is -0.324. The molecule has 0 bridgehead atoms. The first-order valence-corrected chi connectivity index (χ1v) is 3.60. The molecule has 0 spiro atoms. The van der Waals surface area contributed by atoms with Gasteiger partial charge < -0.3 is 5.73 Å². The summed E-state index contributed by atoms with van der Waals surface area (Å²) in [4.78, 5) is 10.7. The Kier molecular flexibility index (Phi) is 1.65. The Balaban J connectivity index is 2.64. The molecule has 1 amide bonds. The molecule has 0 atom stereocenters. The van der Waals surface area contributed by atoms with E-state index in [0.717, 1.165) is 0 Å². The van der Waals surface area contributed by atoms with E-state index in [-0.39, 0.29) is 12.8 Å². The second-order valence-electron chi connectivity index (χ2n) is 3.21. The molecule has 0 aromatic carbocycles. The molecule has 0 heterocycles. The van der Waals surface area contributed by atoms with Crippen LogP contribution in [0.4, 0.5) is 8.78 Å². The summed E-state index contributed by atoms with van der Waals surface area (Å²) < 4.78 is 24.7. The Labute approximate surface area is 63.8 Å². The van der Waals surface area contributed by atoms with Gasteiger partial charge in [-0.2, -0.15) is 0 Å². The number of hydrogen-bond donors (Lipinski definition) is 1. The van der Waals surface area contributed by atoms with Crippen LogP contribution in [0.5, 0.6) is 0 Å². The van der Waals surface area contributed by atoms with Gasteiger partial charge in [-0.15, -0.1) is 0 Å². The lowest BCUT2D eigenvalue weighted by molar-refractivity contribution is -0.177. The van der Waals surface area contributed by atoms with Crippen molar-refractivity contribution in [3.05, 3.63) is 0 Å². The summed E-state index contributed by atoms with van der Waals surface area (Å²) in [5.41, 5.74) is 4.08. The van der Waals surface area contributed by atoms with Crippen molar-refractivity contribution < 1.29 is 13.6 Å². The van der Waals surface area contributed by atoms with E-state index in [9.17, 15) is 13.6 Å². The second kappa shape index (κ2) is 2.16. The molecule has 0 saturated heterocycles. The minimum Gasteiger partial charge on any atom is -0.369 e. The van der Waals surface area contributed by atoms with Gasteiger partial charge in [-0.05, 0) is 6.42 Å². The highest BCUT2D eigenvalue weighted by molar-refractivity contribution is 5.82. The van der Waals surface area contributed by atoms with Crippen molar-refractivity contribution >= 4 is 5.91 Å². The molecular weight excluding hydrogens is 152 g/mol. The maximum Gasteiger partial charge on any atom is 0.250 e. The van der Waals surface area contributed by atoms with Crippen LogP contribution in [-0.2, 0) is 4.79 Å². The number of nitrogens with two attached hydrogens (primary N) is 1. The van der Waals surface area contributed by atoms with E-state index in [2.05, 4.69) is 0 Å². The molecule has 64 valence electrons. The second-order valence-corrected chi connectivity index (χ2v) is 3.21. The largest absolute Gasteiger partial charge is 0.369 e. The van der Waals surface area contributed by atoms with Gasteiger partial charge in [0.25, 0.3) is 0 Å². The first-order valence-electron chi connectivity index (χ1n) is 3.60. The lowest BCUT2D eigenvalue weighted by Crippen LogP contribution is -2.53. The maximum absolute atomic E-state index is 12.4. The predicted molar refractivity (Wildman–Crippen MR) is 36.1 cm³/mol. The third-order valence-corrected chi connectivity index (χ3v) is 2.39. The third-order valence-electron chi connectivity index (χ3n) is 2.39. The molecule has 0 unspecified atom stereocenters. The van der Waals surface area contributed by atoms with Gasteiger partial charge in [0.2, 0.25) is 11.8 Å². The normalized spacial score (nSPS) is 25.7. The maximum atomic E-state index is 12.4. The van der Waals surface area contributed by atoms with Crippen molar-refractivity contribution in [3.8, 4) is 0 Å². The number of amides is 1. The van der Waals surface area contributed by atoms with E-state index in [1.54, 1.807) is 6.92 Å². The van der Waals surface area contributed by atoms with Crippen molar-refractivity contribution in [2.75, 3.05) is 0 Å². The highest BCUT2D eigenvalue weighted by Gasteiger charge is 2.58. The third kappa shape index (κ3) is 1.21. The van der Waals surface area contributed by atoms with E-state index < -0.39 is 17.2 Å². The van der Waals surface area contributed by atoms with Crippen LogP contribution in [0.3, 0.4) is 0 Å².